The number of hydrogen-bond donors (Lipinski definition) is 1. The van der Waals surface area contributed by atoms with Crippen molar-refractivity contribution < 1.29 is 13.2 Å². The molecule has 0 aromatic carbocycles. The quantitative estimate of drug-likeness (QED) is 0.702. The van der Waals surface area contributed by atoms with E-state index >= 15 is 0 Å². The van der Waals surface area contributed by atoms with E-state index in [9.17, 15) is 13.2 Å². The molecule has 1 saturated carbocycles. The largest absolute Gasteiger partial charge is 0.352 e. The predicted molar refractivity (Wildman–Crippen MR) is 102 cm³/mol. The molecule has 0 aromatic heterocycles. The van der Waals surface area contributed by atoms with E-state index in [0.717, 1.165) is 13.0 Å². The van der Waals surface area contributed by atoms with Gasteiger partial charge >= 0.3 is 0 Å². The minimum Gasteiger partial charge on any atom is -0.352 e. The topological polar surface area (TPSA) is 82.1 Å². The number of rotatable bonds is 6. The molecule has 0 aromatic rings. The summed E-state index contributed by atoms with van der Waals surface area (Å²) in [7, 11) is -1.19. The summed E-state index contributed by atoms with van der Waals surface area (Å²) in [5, 5.41) is 2.95. The molecule has 7 nitrogen and oxygen atoms in total. The van der Waals surface area contributed by atoms with Gasteiger partial charge in [-0.25, -0.2) is 8.42 Å². The monoisotopic (exact) mass is 380 g/mol. The summed E-state index contributed by atoms with van der Waals surface area (Å²) in [6.07, 6.45) is 12.4. The Morgan fingerprint density at radius 2 is 2.08 bits per heavy atom. The first-order valence-electron chi connectivity index (χ1n) is 9.42. The third kappa shape index (κ3) is 4.94. The van der Waals surface area contributed by atoms with Crippen molar-refractivity contribution in [2.45, 2.75) is 44.6 Å². The van der Waals surface area contributed by atoms with Crippen LogP contribution in [0.1, 0.15) is 38.5 Å². The van der Waals surface area contributed by atoms with E-state index in [4.69, 9.17) is 0 Å². The van der Waals surface area contributed by atoms with Crippen molar-refractivity contribution in [2.75, 3.05) is 32.4 Å². The Morgan fingerprint density at radius 3 is 2.85 bits per heavy atom. The van der Waals surface area contributed by atoms with Crippen LogP contribution in [0.25, 0.3) is 0 Å². The van der Waals surface area contributed by atoms with E-state index in [0.29, 0.717) is 30.5 Å². The van der Waals surface area contributed by atoms with Gasteiger partial charge in [0.2, 0.25) is 0 Å². The summed E-state index contributed by atoms with van der Waals surface area (Å²) in [5.41, 5.74) is 0.531. The Bertz CT molecular complexity index is 721. The average molecular weight is 381 g/mol. The van der Waals surface area contributed by atoms with Gasteiger partial charge in [-0.15, -0.1) is 4.40 Å². The number of hydrogen-bond acceptors (Lipinski definition) is 5. The fraction of sp³-hybridized carbons (Fsp3) is 0.667. The van der Waals surface area contributed by atoms with Crippen LogP contribution >= 0.6 is 0 Å². The molecule has 3 rings (SSSR count). The van der Waals surface area contributed by atoms with Crippen molar-refractivity contribution in [3.8, 4) is 0 Å². The summed E-state index contributed by atoms with van der Waals surface area (Å²) in [4.78, 5) is 16.5. The summed E-state index contributed by atoms with van der Waals surface area (Å²) < 4.78 is 26.7. The SMILES string of the molecule is CN(CCCNC(=O)C1=CN2CCS(=O)(=O)N=C2C=C1)C1CCCCC1. The molecule has 0 saturated heterocycles. The molecule has 1 fully saturated rings. The van der Waals surface area contributed by atoms with Gasteiger partial charge in [0.15, 0.2) is 0 Å². The van der Waals surface area contributed by atoms with Crippen molar-refractivity contribution in [2.24, 2.45) is 4.40 Å². The highest BCUT2D eigenvalue weighted by Crippen LogP contribution is 2.21. The van der Waals surface area contributed by atoms with Crippen LogP contribution in [0.3, 0.4) is 0 Å². The fourth-order valence-electron chi connectivity index (χ4n) is 3.67. The first kappa shape index (κ1) is 19.1. The molecule has 0 bridgehead atoms. The van der Waals surface area contributed by atoms with E-state index in [1.807, 2.05) is 0 Å². The summed E-state index contributed by atoms with van der Waals surface area (Å²) in [5.74, 6) is 0.222. The third-order valence-corrected chi connectivity index (χ3v) is 6.42. The zero-order valence-electron chi connectivity index (χ0n) is 15.4. The smallest absolute Gasteiger partial charge is 0.256 e. The standard InChI is InChI=1S/C18H28N4O3S/c1-21(16-6-3-2-4-7-16)11-5-10-19-18(23)15-8-9-17-20-26(24,25)13-12-22(17)14-15/h8-9,14,16H,2-7,10-13H2,1H3,(H,19,23). The maximum absolute atomic E-state index is 12.3. The van der Waals surface area contributed by atoms with Crippen molar-refractivity contribution in [1.82, 2.24) is 15.1 Å². The van der Waals surface area contributed by atoms with Gasteiger partial charge in [0, 0.05) is 25.3 Å². The molecule has 0 atom stereocenters. The summed E-state index contributed by atoms with van der Waals surface area (Å²) in [6, 6.07) is 0.691. The Kier molecular flexibility index (Phi) is 6.13. The minimum atomic E-state index is -3.37. The third-order valence-electron chi connectivity index (χ3n) is 5.26. The maximum atomic E-state index is 12.3. The van der Waals surface area contributed by atoms with Crippen LogP contribution in [0.5, 0.6) is 0 Å². The van der Waals surface area contributed by atoms with Gasteiger partial charge in [0.05, 0.1) is 11.3 Å². The number of nitrogens with zero attached hydrogens (tertiary/aromatic N) is 3. The van der Waals surface area contributed by atoms with E-state index in [1.165, 1.54) is 32.1 Å². The van der Waals surface area contributed by atoms with Gasteiger partial charge in [-0.05, 0) is 45.0 Å². The highest BCUT2D eigenvalue weighted by molar-refractivity contribution is 7.90. The molecule has 3 aliphatic rings. The highest BCUT2D eigenvalue weighted by Gasteiger charge is 2.25. The second-order valence-electron chi connectivity index (χ2n) is 7.23. The zero-order valence-corrected chi connectivity index (χ0v) is 16.2. The molecule has 1 amide bonds. The second-order valence-corrected chi connectivity index (χ2v) is 8.98. The number of fused-ring (bicyclic) bond motifs is 1. The Hall–Kier alpha value is -1.67. The molecule has 2 heterocycles. The molecule has 1 N–H and O–H groups in total. The van der Waals surface area contributed by atoms with Crippen LogP contribution in [-0.2, 0) is 14.8 Å². The molecule has 2 aliphatic heterocycles. The first-order valence-corrected chi connectivity index (χ1v) is 11.0. The zero-order chi connectivity index (χ0) is 18.6. The van der Waals surface area contributed by atoms with E-state index < -0.39 is 10.0 Å². The number of carbonyl (C=O) groups excluding carboxylic acids is 1. The van der Waals surface area contributed by atoms with Crippen LogP contribution in [0.2, 0.25) is 0 Å². The molecule has 0 spiro atoms. The lowest BCUT2D eigenvalue weighted by Gasteiger charge is -2.31. The fourth-order valence-corrected chi connectivity index (χ4v) is 4.64. The second kappa shape index (κ2) is 8.35. The van der Waals surface area contributed by atoms with E-state index in [-0.39, 0.29) is 11.7 Å². The van der Waals surface area contributed by atoms with Crippen molar-refractivity contribution >= 4 is 21.8 Å². The highest BCUT2D eigenvalue weighted by atomic mass is 32.2. The molecule has 0 radical (unpaired) electrons. The normalized spacial score (nSPS) is 22.6. The molecule has 0 unspecified atom stereocenters. The van der Waals surface area contributed by atoms with Gasteiger partial charge in [0.1, 0.15) is 5.84 Å². The van der Waals surface area contributed by atoms with Crippen LogP contribution in [0, 0.1) is 0 Å². The number of amidine groups is 1. The Balaban J connectivity index is 1.43. The van der Waals surface area contributed by atoms with Crippen LogP contribution in [0.15, 0.2) is 28.3 Å². The van der Waals surface area contributed by atoms with Gasteiger partial charge < -0.3 is 15.1 Å². The number of sulfonamides is 1. The lowest BCUT2D eigenvalue weighted by atomic mass is 9.94. The first-order chi connectivity index (χ1) is 12.4. The minimum absolute atomic E-state index is 0.0246. The Morgan fingerprint density at radius 1 is 1.31 bits per heavy atom. The number of nitrogens with one attached hydrogen (secondary N) is 1. The Labute approximate surface area is 155 Å². The van der Waals surface area contributed by atoms with Gasteiger partial charge in [-0.2, -0.15) is 0 Å². The maximum Gasteiger partial charge on any atom is 0.256 e. The number of amides is 1. The molecule has 1 aliphatic carbocycles. The molecular weight excluding hydrogens is 352 g/mol. The van der Waals surface area contributed by atoms with Crippen molar-refractivity contribution in [3.63, 3.8) is 0 Å². The summed E-state index contributed by atoms with van der Waals surface area (Å²) in [6.45, 7) is 1.95. The lowest BCUT2D eigenvalue weighted by Crippen LogP contribution is -2.38. The van der Waals surface area contributed by atoms with Crippen LogP contribution < -0.4 is 5.32 Å². The van der Waals surface area contributed by atoms with Gasteiger partial charge in [-0.3, -0.25) is 4.79 Å². The van der Waals surface area contributed by atoms with Crippen molar-refractivity contribution in [1.29, 1.82) is 0 Å². The summed E-state index contributed by atoms with van der Waals surface area (Å²) >= 11 is 0. The van der Waals surface area contributed by atoms with Crippen LogP contribution in [0.4, 0.5) is 0 Å². The molecule has 144 valence electrons. The number of carbonyl (C=O) groups is 1. The lowest BCUT2D eigenvalue weighted by molar-refractivity contribution is -0.117. The van der Waals surface area contributed by atoms with E-state index in [2.05, 4.69) is 21.7 Å². The molecular formula is C18H28N4O3S. The molecule has 26 heavy (non-hydrogen) atoms. The van der Waals surface area contributed by atoms with Crippen molar-refractivity contribution in [3.05, 3.63) is 23.9 Å². The van der Waals surface area contributed by atoms with Gasteiger partial charge in [0.25, 0.3) is 15.9 Å². The van der Waals surface area contributed by atoms with E-state index in [1.54, 1.807) is 23.3 Å². The average Bonchev–Trinajstić information content (AvgIpc) is 2.64. The van der Waals surface area contributed by atoms with Gasteiger partial charge in [-0.1, -0.05) is 19.3 Å². The molecule has 8 heteroatoms. The van der Waals surface area contributed by atoms with Crippen LogP contribution in [-0.4, -0.2) is 68.4 Å². The predicted octanol–water partition coefficient (Wildman–Crippen LogP) is 1.25.